The Morgan fingerprint density at radius 3 is 2.58 bits per heavy atom. The van der Waals surface area contributed by atoms with E-state index in [1.165, 1.54) is 12.8 Å². The molecular formula is C10H22N2. The zero-order chi connectivity index (χ0) is 9.19. The molecule has 72 valence electrons. The lowest BCUT2D eigenvalue weighted by Crippen LogP contribution is -2.38. The van der Waals surface area contributed by atoms with Gasteiger partial charge in [-0.3, -0.25) is 0 Å². The molecule has 1 rings (SSSR count). The lowest BCUT2D eigenvalue weighted by atomic mass is 9.68. The van der Waals surface area contributed by atoms with Crippen LogP contribution in [0.25, 0.3) is 0 Å². The van der Waals surface area contributed by atoms with Gasteiger partial charge in [-0.05, 0) is 43.6 Å². The number of hydrogen-bond donors (Lipinski definition) is 2. The molecular weight excluding hydrogens is 148 g/mol. The van der Waals surface area contributed by atoms with Crippen LogP contribution in [0, 0.1) is 11.3 Å². The van der Waals surface area contributed by atoms with Gasteiger partial charge in [-0.1, -0.05) is 13.8 Å². The third-order valence-electron chi connectivity index (χ3n) is 3.05. The average Bonchev–Trinajstić information content (AvgIpc) is 1.82. The van der Waals surface area contributed by atoms with Crippen molar-refractivity contribution in [3.63, 3.8) is 0 Å². The van der Waals surface area contributed by atoms with Gasteiger partial charge in [0.05, 0.1) is 0 Å². The van der Waals surface area contributed by atoms with Gasteiger partial charge in [0.25, 0.3) is 0 Å². The fourth-order valence-corrected chi connectivity index (χ4v) is 2.79. The molecule has 0 aliphatic heterocycles. The van der Waals surface area contributed by atoms with E-state index in [-0.39, 0.29) is 0 Å². The highest BCUT2D eigenvalue weighted by molar-refractivity contribution is 4.87. The van der Waals surface area contributed by atoms with Gasteiger partial charge in [0.2, 0.25) is 0 Å². The molecule has 2 nitrogen and oxygen atoms in total. The van der Waals surface area contributed by atoms with E-state index in [4.69, 9.17) is 11.5 Å². The summed E-state index contributed by atoms with van der Waals surface area (Å²) in [5.41, 5.74) is 12.0. The van der Waals surface area contributed by atoms with Crippen molar-refractivity contribution < 1.29 is 0 Å². The minimum Gasteiger partial charge on any atom is -0.330 e. The molecule has 0 radical (unpaired) electrons. The van der Waals surface area contributed by atoms with E-state index in [9.17, 15) is 0 Å². The standard InChI is InChI=1S/C10H22N2/c1-8-5-9(12)7-10(2,6-8)3-4-11/h8-9H,3-7,11-12H2,1-2H3. The van der Waals surface area contributed by atoms with Gasteiger partial charge >= 0.3 is 0 Å². The van der Waals surface area contributed by atoms with E-state index < -0.39 is 0 Å². The second-order valence-electron chi connectivity index (χ2n) is 4.86. The van der Waals surface area contributed by atoms with Crippen molar-refractivity contribution >= 4 is 0 Å². The maximum Gasteiger partial charge on any atom is 0.00465 e. The third-order valence-corrected chi connectivity index (χ3v) is 3.05. The Kier molecular flexibility index (Phi) is 3.13. The van der Waals surface area contributed by atoms with Crippen molar-refractivity contribution in [3.05, 3.63) is 0 Å². The molecule has 0 aromatic rings. The number of hydrogen-bond acceptors (Lipinski definition) is 2. The molecule has 1 aliphatic carbocycles. The summed E-state index contributed by atoms with van der Waals surface area (Å²) in [7, 11) is 0. The molecule has 3 unspecified atom stereocenters. The average molecular weight is 170 g/mol. The second kappa shape index (κ2) is 3.75. The number of nitrogens with two attached hydrogens (primary N) is 2. The summed E-state index contributed by atoms with van der Waals surface area (Å²) in [6, 6.07) is 0.408. The molecule has 3 atom stereocenters. The van der Waals surface area contributed by atoms with Crippen LogP contribution in [-0.4, -0.2) is 12.6 Å². The highest BCUT2D eigenvalue weighted by Gasteiger charge is 2.33. The molecule has 1 fully saturated rings. The van der Waals surface area contributed by atoms with Gasteiger partial charge in [-0.15, -0.1) is 0 Å². The zero-order valence-corrected chi connectivity index (χ0v) is 8.34. The quantitative estimate of drug-likeness (QED) is 0.659. The molecule has 0 saturated heterocycles. The summed E-state index contributed by atoms with van der Waals surface area (Å²) in [4.78, 5) is 0. The fraction of sp³-hybridized carbons (Fsp3) is 1.00. The molecule has 1 aliphatic rings. The van der Waals surface area contributed by atoms with Crippen molar-refractivity contribution in [2.75, 3.05) is 6.54 Å². The van der Waals surface area contributed by atoms with E-state index in [1.54, 1.807) is 0 Å². The van der Waals surface area contributed by atoms with Gasteiger partial charge in [-0.25, -0.2) is 0 Å². The Balaban J connectivity index is 2.52. The first-order valence-electron chi connectivity index (χ1n) is 5.01. The Hall–Kier alpha value is -0.0800. The molecule has 0 aromatic carbocycles. The predicted octanol–water partition coefficient (Wildman–Crippen LogP) is 1.49. The molecule has 2 heteroatoms. The van der Waals surface area contributed by atoms with E-state index in [0.29, 0.717) is 11.5 Å². The first-order chi connectivity index (χ1) is 5.56. The van der Waals surface area contributed by atoms with Crippen LogP contribution in [0.5, 0.6) is 0 Å². The lowest BCUT2D eigenvalue weighted by Gasteiger charge is -2.40. The molecule has 4 N–H and O–H groups in total. The minimum atomic E-state index is 0.408. The smallest absolute Gasteiger partial charge is 0.00465 e. The van der Waals surface area contributed by atoms with Crippen molar-refractivity contribution in [2.45, 2.75) is 45.6 Å². The molecule has 0 bridgehead atoms. The van der Waals surface area contributed by atoms with E-state index in [0.717, 1.165) is 25.3 Å². The van der Waals surface area contributed by atoms with Crippen molar-refractivity contribution in [1.82, 2.24) is 0 Å². The normalized spacial score (nSPS) is 43.0. The summed E-state index contributed by atoms with van der Waals surface area (Å²) < 4.78 is 0. The first kappa shape index (κ1) is 10.0. The summed E-state index contributed by atoms with van der Waals surface area (Å²) in [6.07, 6.45) is 4.79. The highest BCUT2D eigenvalue weighted by Crippen LogP contribution is 2.40. The van der Waals surface area contributed by atoms with Crippen LogP contribution in [0.3, 0.4) is 0 Å². The number of rotatable bonds is 2. The van der Waals surface area contributed by atoms with Gasteiger partial charge in [0, 0.05) is 6.04 Å². The second-order valence-corrected chi connectivity index (χ2v) is 4.86. The van der Waals surface area contributed by atoms with Crippen LogP contribution in [0.1, 0.15) is 39.5 Å². The molecule has 12 heavy (non-hydrogen) atoms. The Morgan fingerprint density at radius 2 is 2.08 bits per heavy atom. The largest absolute Gasteiger partial charge is 0.330 e. The molecule has 0 heterocycles. The van der Waals surface area contributed by atoms with Crippen molar-refractivity contribution in [1.29, 1.82) is 0 Å². The third kappa shape index (κ3) is 2.46. The van der Waals surface area contributed by atoms with Crippen LogP contribution < -0.4 is 11.5 Å². The first-order valence-corrected chi connectivity index (χ1v) is 5.01. The maximum absolute atomic E-state index is 5.99. The summed E-state index contributed by atoms with van der Waals surface area (Å²) >= 11 is 0. The summed E-state index contributed by atoms with van der Waals surface area (Å²) in [6.45, 7) is 5.43. The van der Waals surface area contributed by atoms with Crippen molar-refractivity contribution in [3.8, 4) is 0 Å². The van der Waals surface area contributed by atoms with Crippen LogP contribution in [0.4, 0.5) is 0 Å². The zero-order valence-electron chi connectivity index (χ0n) is 8.34. The summed E-state index contributed by atoms with van der Waals surface area (Å²) in [5, 5.41) is 0. The van der Waals surface area contributed by atoms with Gasteiger partial charge in [-0.2, -0.15) is 0 Å². The van der Waals surface area contributed by atoms with E-state index >= 15 is 0 Å². The van der Waals surface area contributed by atoms with E-state index in [2.05, 4.69) is 13.8 Å². The topological polar surface area (TPSA) is 52.0 Å². The van der Waals surface area contributed by atoms with Crippen LogP contribution >= 0.6 is 0 Å². The molecule has 0 spiro atoms. The van der Waals surface area contributed by atoms with Crippen molar-refractivity contribution in [2.24, 2.45) is 22.8 Å². The fourth-order valence-electron chi connectivity index (χ4n) is 2.79. The monoisotopic (exact) mass is 170 g/mol. The molecule has 1 saturated carbocycles. The maximum atomic E-state index is 5.99. The van der Waals surface area contributed by atoms with Gasteiger partial charge in [0.1, 0.15) is 0 Å². The van der Waals surface area contributed by atoms with E-state index in [1.807, 2.05) is 0 Å². The van der Waals surface area contributed by atoms with Gasteiger partial charge in [0.15, 0.2) is 0 Å². The predicted molar refractivity (Wildman–Crippen MR) is 52.8 cm³/mol. The minimum absolute atomic E-state index is 0.408. The Labute approximate surface area is 75.7 Å². The van der Waals surface area contributed by atoms with Crippen LogP contribution in [0.2, 0.25) is 0 Å². The SMILES string of the molecule is CC1CC(N)CC(C)(CCN)C1. The molecule has 0 amide bonds. The Bertz CT molecular complexity index is 135. The highest BCUT2D eigenvalue weighted by atomic mass is 14.7. The van der Waals surface area contributed by atoms with Crippen LogP contribution in [0.15, 0.2) is 0 Å². The van der Waals surface area contributed by atoms with Gasteiger partial charge < -0.3 is 11.5 Å². The summed E-state index contributed by atoms with van der Waals surface area (Å²) in [5.74, 6) is 0.783. The Morgan fingerprint density at radius 1 is 1.42 bits per heavy atom. The molecule has 0 aromatic heterocycles. The van der Waals surface area contributed by atoms with Crippen LogP contribution in [-0.2, 0) is 0 Å². The lowest BCUT2D eigenvalue weighted by molar-refractivity contribution is 0.140.